The normalized spacial score (nSPS) is 21.0. The molecule has 2 atom stereocenters. The van der Waals surface area contributed by atoms with Gasteiger partial charge in [0.25, 0.3) is 0 Å². The van der Waals surface area contributed by atoms with Crippen LogP contribution >= 0.6 is 11.3 Å². The monoisotopic (exact) mass is 394 g/mol. The summed E-state index contributed by atoms with van der Waals surface area (Å²) in [6.07, 6.45) is 3.87. The number of nitrogens with zero attached hydrogens (tertiary/aromatic N) is 3. The maximum atomic E-state index is 13.8. The number of aliphatic hydroxyl groups excluding tert-OH is 1. The van der Waals surface area contributed by atoms with Crippen molar-refractivity contribution >= 4 is 38.0 Å². The van der Waals surface area contributed by atoms with Gasteiger partial charge in [-0.3, -0.25) is 4.98 Å². The van der Waals surface area contributed by atoms with E-state index >= 15 is 0 Å². The van der Waals surface area contributed by atoms with E-state index in [4.69, 9.17) is 0 Å². The van der Waals surface area contributed by atoms with Crippen molar-refractivity contribution in [1.29, 1.82) is 0 Å². The molecule has 0 unspecified atom stereocenters. The fourth-order valence-corrected chi connectivity index (χ4v) is 4.62. The van der Waals surface area contributed by atoms with Crippen LogP contribution in [0.2, 0.25) is 0 Å². The molecule has 1 aliphatic rings. The molecule has 1 fully saturated rings. The standard InChI is InChI=1S/C21H19FN4OS/c1-21(2)17(8-18(21)27)24-20-14-9-23-6-5-12(14)19(25-26-20)11-3-4-13-15(22)10-28-16(13)7-11/h3-7,9-10,17-18,27H,8H2,1-2H3,(H,24,26)/t17-,18+/m0/s1. The summed E-state index contributed by atoms with van der Waals surface area (Å²) in [7, 11) is 0. The Hall–Kier alpha value is -2.64. The van der Waals surface area contributed by atoms with Crippen molar-refractivity contribution in [3.05, 3.63) is 47.9 Å². The first-order chi connectivity index (χ1) is 13.4. The number of pyridine rings is 1. The van der Waals surface area contributed by atoms with Gasteiger partial charge in [0.2, 0.25) is 0 Å². The topological polar surface area (TPSA) is 70.9 Å². The van der Waals surface area contributed by atoms with Crippen molar-refractivity contribution in [1.82, 2.24) is 15.2 Å². The van der Waals surface area contributed by atoms with Crippen LogP contribution in [0.15, 0.2) is 42.0 Å². The first kappa shape index (κ1) is 17.5. The summed E-state index contributed by atoms with van der Waals surface area (Å²) in [4.78, 5) is 4.26. The van der Waals surface area contributed by atoms with Crippen LogP contribution < -0.4 is 5.32 Å². The number of benzene rings is 1. The zero-order valence-electron chi connectivity index (χ0n) is 15.5. The summed E-state index contributed by atoms with van der Waals surface area (Å²) >= 11 is 1.38. The molecule has 1 aromatic carbocycles. The molecule has 5 nitrogen and oxygen atoms in total. The lowest BCUT2D eigenvalue weighted by molar-refractivity contribution is -0.0511. The summed E-state index contributed by atoms with van der Waals surface area (Å²) < 4.78 is 14.7. The van der Waals surface area contributed by atoms with Crippen LogP contribution in [0, 0.1) is 11.2 Å². The first-order valence-corrected chi connectivity index (χ1v) is 10.1. The highest BCUT2D eigenvalue weighted by Gasteiger charge is 2.47. The highest BCUT2D eigenvalue weighted by Crippen LogP contribution is 2.43. The molecule has 1 aliphatic carbocycles. The summed E-state index contributed by atoms with van der Waals surface area (Å²) in [6.45, 7) is 4.08. The quantitative estimate of drug-likeness (QED) is 0.531. The molecule has 4 aromatic rings. The molecule has 5 rings (SSSR count). The van der Waals surface area contributed by atoms with Crippen LogP contribution in [-0.4, -0.2) is 32.4 Å². The largest absolute Gasteiger partial charge is 0.392 e. The molecule has 3 aromatic heterocycles. The second-order valence-electron chi connectivity index (χ2n) is 7.88. The molecule has 7 heteroatoms. The zero-order valence-corrected chi connectivity index (χ0v) is 16.3. The van der Waals surface area contributed by atoms with E-state index in [0.29, 0.717) is 17.6 Å². The second kappa shape index (κ2) is 6.18. The van der Waals surface area contributed by atoms with E-state index in [0.717, 1.165) is 26.7 Å². The van der Waals surface area contributed by atoms with Crippen molar-refractivity contribution in [3.63, 3.8) is 0 Å². The molecular formula is C21H19FN4OS. The van der Waals surface area contributed by atoms with E-state index < -0.39 is 0 Å². The number of thiophene rings is 1. The highest BCUT2D eigenvalue weighted by molar-refractivity contribution is 7.17. The molecule has 142 valence electrons. The fourth-order valence-electron chi connectivity index (χ4n) is 3.77. The maximum absolute atomic E-state index is 13.8. The van der Waals surface area contributed by atoms with Gasteiger partial charge >= 0.3 is 0 Å². The smallest absolute Gasteiger partial charge is 0.158 e. The van der Waals surface area contributed by atoms with Gasteiger partial charge in [-0.15, -0.1) is 21.5 Å². The molecule has 3 heterocycles. The maximum Gasteiger partial charge on any atom is 0.158 e. The minimum absolute atomic E-state index is 0.122. The molecule has 28 heavy (non-hydrogen) atoms. The van der Waals surface area contributed by atoms with Crippen LogP contribution in [0.4, 0.5) is 10.2 Å². The predicted molar refractivity (Wildman–Crippen MR) is 110 cm³/mol. The van der Waals surface area contributed by atoms with E-state index in [1.807, 2.05) is 32.0 Å². The van der Waals surface area contributed by atoms with Crippen molar-refractivity contribution in [2.75, 3.05) is 5.32 Å². The van der Waals surface area contributed by atoms with Crippen molar-refractivity contribution in [2.45, 2.75) is 32.4 Å². The van der Waals surface area contributed by atoms with Gasteiger partial charge in [-0.25, -0.2) is 4.39 Å². The summed E-state index contributed by atoms with van der Waals surface area (Å²) in [5.74, 6) is 0.469. The number of anilines is 1. The Morgan fingerprint density at radius 1 is 1.18 bits per heavy atom. The Morgan fingerprint density at radius 3 is 2.82 bits per heavy atom. The fraction of sp³-hybridized carbons (Fsp3) is 0.286. The number of halogens is 1. The van der Waals surface area contributed by atoms with Gasteiger partial charge in [-0.05, 0) is 24.6 Å². The SMILES string of the molecule is CC1(C)[C@H](O)C[C@@H]1Nc1nnc(-c2ccc3c(F)csc3c2)c2ccncc12. The van der Waals surface area contributed by atoms with E-state index in [2.05, 4.69) is 20.5 Å². The van der Waals surface area contributed by atoms with E-state index in [-0.39, 0.29) is 23.4 Å². The summed E-state index contributed by atoms with van der Waals surface area (Å²) in [5.41, 5.74) is 1.42. The van der Waals surface area contributed by atoms with Gasteiger partial charge in [0.05, 0.1) is 6.10 Å². The van der Waals surface area contributed by atoms with Crippen molar-refractivity contribution in [3.8, 4) is 11.3 Å². The molecule has 0 spiro atoms. The molecule has 0 aliphatic heterocycles. The molecule has 1 saturated carbocycles. The third-order valence-corrected chi connectivity index (χ3v) is 6.83. The van der Waals surface area contributed by atoms with E-state index in [1.54, 1.807) is 18.5 Å². The molecule has 2 N–H and O–H groups in total. The van der Waals surface area contributed by atoms with Gasteiger partial charge < -0.3 is 10.4 Å². The van der Waals surface area contributed by atoms with Crippen LogP contribution in [0.25, 0.3) is 32.1 Å². The van der Waals surface area contributed by atoms with Crippen LogP contribution in [0.5, 0.6) is 0 Å². The highest BCUT2D eigenvalue weighted by atomic mass is 32.1. The molecular weight excluding hydrogens is 375 g/mol. The number of fused-ring (bicyclic) bond motifs is 2. The van der Waals surface area contributed by atoms with E-state index in [1.165, 1.54) is 16.7 Å². The van der Waals surface area contributed by atoms with Gasteiger partial charge in [0.15, 0.2) is 5.82 Å². The molecule has 0 bridgehead atoms. The number of aromatic nitrogens is 3. The minimum atomic E-state index is -0.320. The Kier molecular flexibility index (Phi) is 3.86. The van der Waals surface area contributed by atoms with Crippen molar-refractivity contribution < 1.29 is 9.50 Å². The lowest BCUT2D eigenvalue weighted by Gasteiger charge is -2.49. The molecule has 0 radical (unpaired) electrons. The van der Waals surface area contributed by atoms with Gasteiger partial charge in [-0.1, -0.05) is 19.9 Å². The predicted octanol–water partition coefficient (Wildman–Crippen LogP) is 4.62. The van der Waals surface area contributed by atoms with Crippen molar-refractivity contribution in [2.24, 2.45) is 5.41 Å². The Balaban J connectivity index is 1.59. The molecule has 0 saturated heterocycles. The van der Waals surface area contributed by atoms with Gasteiger partial charge in [0, 0.05) is 55.7 Å². The number of aliphatic hydroxyl groups is 1. The zero-order chi connectivity index (χ0) is 19.5. The number of hydrogen-bond donors (Lipinski definition) is 2. The second-order valence-corrected chi connectivity index (χ2v) is 8.79. The Bertz CT molecular complexity index is 1210. The average molecular weight is 394 g/mol. The van der Waals surface area contributed by atoms with Crippen LogP contribution in [-0.2, 0) is 0 Å². The Morgan fingerprint density at radius 2 is 2.04 bits per heavy atom. The van der Waals surface area contributed by atoms with Crippen LogP contribution in [0.3, 0.4) is 0 Å². The Labute approximate surface area is 165 Å². The van der Waals surface area contributed by atoms with Gasteiger partial charge in [-0.2, -0.15) is 0 Å². The van der Waals surface area contributed by atoms with E-state index in [9.17, 15) is 9.50 Å². The van der Waals surface area contributed by atoms with Gasteiger partial charge in [0.1, 0.15) is 11.5 Å². The molecule has 0 amide bonds. The minimum Gasteiger partial charge on any atom is -0.392 e. The van der Waals surface area contributed by atoms with Crippen LogP contribution in [0.1, 0.15) is 20.3 Å². The third-order valence-electron chi connectivity index (χ3n) is 5.91. The number of rotatable bonds is 3. The lowest BCUT2D eigenvalue weighted by Crippen LogP contribution is -2.57. The third kappa shape index (κ3) is 2.57. The summed E-state index contributed by atoms with van der Waals surface area (Å²) in [6, 6.07) is 7.66. The summed E-state index contributed by atoms with van der Waals surface area (Å²) in [5, 5.41) is 26.3. The number of hydrogen-bond acceptors (Lipinski definition) is 6. The first-order valence-electron chi connectivity index (χ1n) is 9.17. The number of nitrogens with one attached hydrogen (secondary N) is 1. The average Bonchev–Trinajstić information content (AvgIpc) is 3.08. The lowest BCUT2D eigenvalue weighted by atomic mass is 9.64.